The van der Waals surface area contributed by atoms with Crippen molar-refractivity contribution < 1.29 is 14.1 Å². The van der Waals surface area contributed by atoms with Gasteiger partial charge in [0, 0.05) is 49.6 Å². The van der Waals surface area contributed by atoms with Crippen molar-refractivity contribution >= 4 is 17.5 Å². The Hall–Kier alpha value is -1.96. The van der Waals surface area contributed by atoms with Crippen LogP contribution < -0.4 is 5.32 Å². The van der Waals surface area contributed by atoms with Gasteiger partial charge in [0.2, 0.25) is 17.6 Å². The number of carbonyl (C=O) groups excluding carboxylic acids is 1. The molecule has 134 valence electrons. The summed E-state index contributed by atoms with van der Waals surface area (Å²) in [6.45, 7) is 4.85. The molecule has 0 spiro atoms. The van der Waals surface area contributed by atoms with E-state index in [9.17, 15) is 4.79 Å². The topological polar surface area (TPSA) is 80.5 Å². The third kappa shape index (κ3) is 5.52. The predicted octanol–water partition coefficient (Wildman–Crippen LogP) is 1.77. The molecule has 0 saturated carbocycles. The molecule has 1 saturated heterocycles. The van der Waals surface area contributed by atoms with Crippen LogP contribution in [0.2, 0.25) is 5.02 Å². The molecule has 0 unspecified atom stereocenters. The largest absolute Gasteiger partial charge is 0.379 e. The molecule has 1 aliphatic rings. The molecule has 8 heteroatoms. The number of aryl methyl sites for hydroxylation is 1. The molecule has 1 aromatic heterocycles. The fourth-order valence-electron chi connectivity index (χ4n) is 2.59. The van der Waals surface area contributed by atoms with Gasteiger partial charge in [0.15, 0.2) is 0 Å². The van der Waals surface area contributed by atoms with Crippen LogP contribution in [0.15, 0.2) is 28.8 Å². The Balaban J connectivity index is 1.40. The highest BCUT2D eigenvalue weighted by molar-refractivity contribution is 6.30. The molecule has 1 aromatic carbocycles. The molecule has 1 amide bonds. The van der Waals surface area contributed by atoms with Crippen LogP contribution in [-0.2, 0) is 16.0 Å². The molecule has 0 aliphatic carbocycles. The first kappa shape index (κ1) is 17.8. The second-order valence-corrected chi connectivity index (χ2v) is 6.26. The van der Waals surface area contributed by atoms with Gasteiger partial charge in [-0.3, -0.25) is 9.69 Å². The fourth-order valence-corrected chi connectivity index (χ4v) is 2.78. The first-order valence-electron chi connectivity index (χ1n) is 8.36. The second-order valence-electron chi connectivity index (χ2n) is 5.83. The number of ether oxygens (including phenoxy) is 1. The van der Waals surface area contributed by atoms with Gasteiger partial charge in [0.1, 0.15) is 0 Å². The van der Waals surface area contributed by atoms with Crippen LogP contribution >= 0.6 is 11.6 Å². The van der Waals surface area contributed by atoms with Gasteiger partial charge < -0.3 is 14.6 Å². The zero-order valence-electron chi connectivity index (χ0n) is 13.9. The summed E-state index contributed by atoms with van der Waals surface area (Å²) in [5.41, 5.74) is 0.789. The summed E-state index contributed by atoms with van der Waals surface area (Å²) in [5, 5.41) is 7.47. The lowest BCUT2D eigenvalue weighted by atomic mass is 10.2. The average Bonchev–Trinajstić information content (AvgIpc) is 3.10. The van der Waals surface area contributed by atoms with Crippen molar-refractivity contribution in [3.8, 4) is 11.4 Å². The van der Waals surface area contributed by atoms with Gasteiger partial charge in [-0.2, -0.15) is 4.98 Å². The predicted molar refractivity (Wildman–Crippen MR) is 93.3 cm³/mol. The van der Waals surface area contributed by atoms with Gasteiger partial charge in [0.25, 0.3) is 0 Å². The van der Waals surface area contributed by atoms with E-state index in [2.05, 4.69) is 20.4 Å². The Labute approximate surface area is 151 Å². The van der Waals surface area contributed by atoms with Crippen molar-refractivity contribution in [2.75, 3.05) is 39.4 Å². The van der Waals surface area contributed by atoms with Crippen molar-refractivity contribution in [1.29, 1.82) is 0 Å². The molecule has 0 radical (unpaired) electrons. The number of aromatic nitrogens is 2. The Morgan fingerprint density at radius 3 is 2.96 bits per heavy atom. The molecule has 1 N–H and O–H groups in total. The number of benzene rings is 1. The number of hydrogen-bond acceptors (Lipinski definition) is 6. The number of nitrogens with one attached hydrogen (secondary N) is 1. The van der Waals surface area contributed by atoms with Crippen LogP contribution in [0.1, 0.15) is 12.3 Å². The SMILES string of the molecule is O=C(CCc1nc(-c2cccc(Cl)c2)no1)NCCN1CCOCC1. The summed E-state index contributed by atoms with van der Waals surface area (Å²) < 4.78 is 10.5. The lowest BCUT2D eigenvalue weighted by Crippen LogP contribution is -2.41. The Kier molecular flexibility index (Phi) is 6.38. The van der Waals surface area contributed by atoms with E-state index in [1.54, 1.807) is 12.1 Å². The van der Waals surface area contributed by atoms with Crippen molar-refractivity contribution in [1.82, 2.24) is 20.4 Å². The van der Waals surface area contributed by atoms with E-state index in [0.717, 1.165) is 38.4 Å². The molecule has 1 fully saturated rings. The van der Waals surface area contributed by atoms with Crippen LogP contribution in [0.5, 0.6) is 0 Å². The van der Waals surface area contributed by atoms with Crippen LogP contribution in [0.25, 0.3) is 11.4 Å². The van der Waals surface area contributed by atoms with Crippen LogP contribution in [0, 0.1) is 0 Å². The summed E-state index contributed by atoms with van der Waals surface area (Å²) in [5.74, 6) is 0.902. The standard InChI is InChI=1S/C17H21ClN4O3/c18-14-3-1-2-13(12-14)17-20-16(25-21-17)5-4-15(23)19-6-7-22-8-10-24-11-9-22/h1-3,12H,4-11H2,(H,19,23). The van der Waals surface area contributed by atoms with Crippen LogP contribution in [0.4, 0.5) is 0 Å². The molecule has 0 atom stereocenters. The maximum atomic E-state index is 11.9. The molecule has 25 heavy (non-hydrogen) atoms. The number of halogens is 1. The van der Waals surface area contributed by atoms with E-state index in [-0.39, 0.29) is 5.91 Å². The molecule has 3 rings (SSSR count). The molecule has 7 nitrogen and oxygen atoms in total. The van der Waals surface area contributed by atoms with E-state index in [1.807, 2.05) is 12.1 Å². The van der Waals surface area contributed by atoms with E-state index in [4.69, 9.17) is 20.9 Å². The highest BCUT2D eigenvalue weighted by atomic mass is 35.5. The van der Waals surface area contributed by atoms with E-state index in [1.165, 1.54) is 0 Å². The minimum atomic E-state index is -0.0178. The number of carbonyl (C=O) groups is 1. The summed E-state index contributed by atoms with van der Waals surface area (Å²) in [6, 6.07) is 7.25. The number of hydrogen-bond donors (Lipinski definition) is 1. The second kappa shape index (κ2) is 8.94. The minimum Gasteiger partial charge on any atom is -0.379 e. The van der Waals surface area contributed by atoms with Gasteiger partial charge in [-0.25, -0.2) is 0 Å². The zero-order valence-corrected chi connectivity index (χ0v) is 14.7. The van der Waals surface area contributed by atoms with E-state index >= 15 is 0 Å². The van der Waals surface area contributed by atoms with Gasteiger partial charge in [0.05, 0.1) is 13.2 Å². The maximum absolute atomic E-state index is 11.9. The highest BCUT2D eigenvalue weighted by Crippen LogP contribution is 2.20. The third-order valence-electron chi connectivity index (χ3n) is 3.97. The Bertz CT molecular complexity index is 701. The summed E-state index contributed by atoms with van der Waals surface area (Å²) in [4.78, 5) is 18.5. The molecular weight excluding hydrogens is 344 g/mol. The summed E-state index contributed by atoms with van der Waals surface area (Å²) in [7, 11) is 0. The third-order valence-corrected chi connectivity index (χ3v) is 4.21. The Morgan fingerprint density at radius 1 is 1.32 bits per heavy atom. The summed E-state index contributed by atoms with van der Waals surface area (Å²) >= 11 is 5.96. The first-order valence-corrected chi connectivity index (χ1v) is 8.74. The van der Waals surface area contributed by atoms with E-state index in [0.29, 0.717) is 36.1 Å². The smallest absolute Gasteiger partial charge is 0.227 e. The number of morpholine rings is 1. The lowest BCUT2D eigenvalue weighted by Gasteiger charge is -2.26. The fraction of sp³-hybridized carbons (Fsp3) is 0.471. The highest BCUT2D eigenvalue weighted by Gasteiger charge is 2.12. The minimum absolute atomic E-state index is 0.0178. The van der Waals surface area contributed by atoms with Crippen molar-refractivity contribution in [3.05, 3.63) is 35.2 Å². The molecule has 2 heterocycles. The lowest BCUT2D eigenvalue weighted by molar-refractivity contribution is -0.121. The monoisotopic (exact) mass is 364 g/mol. The van der Waals surface area contributed by atoms with Gasteiger partial charge in [-0.1, -0.05) is 28.9 Å². The van der Waals surface area contributed by atoms with Gasteiger partial charge >= 0.3 is 0 Å². The maximum Gasteiger partial charge on any atom is 0.227 e. The number of nitrogens with zero attached hydrogens (tertiary/aromatic N) is 3. The van der Waals surface area contributed by atoms with Crippen LogP contribution in [0.3, 0.4) is 0 Å². The quantitative estimate of drug-likeness (QED) is 0.806. The zero-order chi connectivity index (χ0) is 17.5. The molecular formula is C17H21ClN4O3. The Morgan fingerprint density at radius 2 is 2.16 bits per heavy atom. The van der Waals surface area contributed by atoms with E-state index < -0.39 is 0 Å². The molecule has 2 aromatic rings. The van der Waals surface area contributed by atoms with Gasteiger partial charge in [-0.15, -0.1) is 0 Å². The average molecular weight is 365 g/mol. The number of rotatable bonds is 7. The van der Waals surface area contributed by atoms with Crippen molar-refractivity contribution in [2.45, 2.75) is 12.8 Å². The van der Waals surface area contributed by atoms with Crippen molar-refractivity contribution in [2.24, 2.45) is 0 Å². The molecule has 0 bridgehead atoms. The van der Waals surface area contributed by atoms with Gasteiger partial charge in [-0.05, 0) is 12.1 Å². The number of amides is 1. The summed E-state index contributed by atoms with van der Waals surface area (Å²) in [6.07, 6.45) is 0.733. The first-order chi connectivity index (χ1) is 12.2. The normalized spacial score (nSPS) is 15.2. The van der Waals surface area contributed by atoms with Crippen molar-refractivity contribution in [3.63, 3.8) is 0 Å². The molecule has 1 aliphatic heterocycles. The van der Waals surface area contributed by atoms with Crippen LogP contribution in [-0.4, -0.2) is 60.3 Å².